The molecule has 1 fully saturated rings. The van der Waals surface area contributed by atoms with Crippen LogP contribution in [0.3, 0.4) is 0 Å². The first-order valence-electron chi connectivity index (χ1n) is 6.24. The molecule has 1 unspecified atom stereocenters. The molecule has 0 radical (unpaired) electrons. The second-order valence-corrected chi connectivity index (χ2v) is 6.56. The molecule has 0 aromatic carbocycles. The molecule has 0 aliphatic carbocycles. The molecule has 1 rings (SSSR count). The fourth-order valence-electron chi connectivity index (χ4n) is 2.14. The van der Waals surface area contributed by atoms with Gasteiger partial charge in [0.1, 0.15) is 6.04 Å². The van der Waals surface area contributed by atoms with Gasteiger partial charge >= 0.3 is 5.97 Å². The third kappa shape index (κ3) is 4.46. The van der Waals surface area contributed by atoms with Crippen molar-refractivity contribution < 1.29 is 22.7 Å². The van der Waals surface area contributed by atoms with Crippen LogP contribution in [0, 0.1) is 0 Å². The number of carbonyl (C=O) groups excluding carboxylic acids is 2. The standard InChI is InChI=1S/C11H20N2O5S/c1-18-10(14)6-4-8-19(16,17)13-7-3-2-5-9(13)11(12)15/h9H,2-8H2,1H3,(H2,12,15). The molecule has 1 saturated heterocycles. The molecule has 1 aliphatic heterocycles. The Balaban J connectivity index is 2.64. The van der Waals surface area contributed by atoms with E-state index in [9.17, 15) is 18.0 Å². The van der Waals surface area contributed by atoms with Gasteiger partial charge in [-0.05, 0) is 19.3 Å². The van der Waals surface area contributed by atoms with Crippen molar-refractivity contribution in [3.05, 3.63) is 0 Å². The highest BCUT2D eigenvalue weighted by atomic mass is 32.2. The van der Waals surface area contributed by atoms with Crippen LogP contribution in [0.1, 0.15) is 32.1 Å². The number of primary amides is 1. The van der Waals surface area contributed by atoms with E-state index in [1.165, 1.54) is 11.4 Å². The molecule has 1 amide bonds. The zero-order valence-electron chi connectivity index (χ0n) is 11.0. The van der Waals surface area contributed by atoms with Gasteiger partial charge in [-0.15, -0.1) is 0 Å². The van der Waals surface area contributed by atoms with E-state index in [0.717, 1.165) is 12.8 Å². The Morgan fingerprint density at radius 3 is 2.63 bits per heavy atom. The average molecular weight is 292 g/mol. The largest absolute Gasteiger partial charge is 0.469 e. The third-order valence-electron chi connectivity index (χ3n) is 3.15. The van der Waals surface area contributed by atoms with Crippen LogP contribution in [0.4, 0.5) is 0 Å². The first-order chi connectivity index (χ1) is 8.88. The van der Waals surface area contributed by atoms with Gasteiger partial charge in [-0.2, -0.15) is 4.31 Å². The maximum absolute atomic E-state index is 12.1. The molecule has 0 bridgehead atoms. The molecule has 0 aromatic rings. The number of piperidine rings is 1. The molecule has 1 aliphatic rings. The van der Waals surface area contributed by atoms with E-state index in [-0.39, 0.29) is 18.6 Å². The molecular weight excluding hydrogens is 272 g/mol. The molecule has 7 nitrogen and oxygen atoms in total. The SMILES string of the molecule is COC(=O)CCCS(=O)(=O)N1CCCCC1C(N)=O. The van der Waals surface area contributed by atoms with Gasteiger partial charge < -0.3 is 10.5 Å². The van der Waals surface area contributed by atoms with Crippen molar-refractivity contribution in [3.63, 3.8) is 0 Å². The van der Waals surface area contributed by atoms with E-state index in [2.05, 4.69) is 4.74 Å². The van der Waals surface area contributed by atoms with Crippen LogP contribution >= 0.6 is 0 Å². The second-order valence-electron chi connectivity index (χ2n) is 4.52. The van der Waals surface area contributed by atoms with Crippen molar-refractivity contribution in [3.8, 4) is 0 Å². The summed E-state index contributed by atoms with van der Waals surface area (Å²) in [6.45, 7) is 0.314. The molecule has 0 aromatic heterocycles. The van der Waals surface area contributed by atoms with Gasteiger partial charge in [0.15, 0.2) is 0 Å². The van der Waals surface area contributed by atoms with E-state index < -0.39 is 27.9 Å². The Bertz CT molecular complexity index is 434. The third-order valence-corrected chi connectivity index (χ3v) is 5.11. The average Bonchev–Trinajstić information content (AvgIpc) is 2.38. The summed E-state index contributed by atoms with van der Waals surface area (Å²) in [5.74, 6) is -1.23. The smallest absolute Gasteiger partial charge is 0.305 e. The summed E-state index contributed by atoms with van der Waals surface area (Å²) < 4.78 is 29.9. The van der Waals surface area contributed by atoms with E-state index in [4.69, 9.17) is 5.73 Å². The minimum atomic E-state index is -3.56. The predicted octanol–water partition coefficient (Wildman–Crippen LogP) is -0.391. The Labute approximate surface area is 113 Å². The number of carbonyl (C=O) groups is 2. The van der Waals surface area contributed by atoms with Gasteiger partial charge in [-0.3, -0.25) is 9.59 Å². The fourth-order valence-corrected chi connectivity index (χ4v) is 3.89. The Kier molecular flexibility index (Phi) is 5.74. The first-order valence-corrected chi connectivity index (χ1v) is 7.85. The highest BCUT2D eigenvalue weighted by Crippen LogP contribution is 2.21. The highest BCUT2D eigenvalue weighted by molar-refractivity contribution is 7.89. The molecule has 1 atom stereocenters. The van der Waals surface area contributed by atoms with Crippen molar-refractivity contribution >= 4 is 21.9 Å². The lowest BCUT2D eigenvalue weighted by Crippen LogP contribution is -2.51. The quantitative estimate of drug-likeness (QED) is 0.671. The first kappa shape index (κ1) is 15.9. The maximum atomic E-state index is 12.1. The van der Waals surface area contributed by atoms with Crippen LogP contribution in [-0.2, 0) is 24.3 Å². The van der Waals surface area contributed by atoms with Crippen molar-refractivity contribution in [2.24, 2.45) is 5.73 Å². The summed E-state index contributed by atoms with van der Waals surface area (Å²) in [4.78, 5) is 22.2. The molecule has 110 valence electrons. The summed E-state index contributed by atoms with van der Waals surface area (Å²) in [5, 5.41) is 0. The number of hydrogen-bond donors (Lipinski definition) is 1. The number of sulfonamides is 1. The van der Waals surface area contributed by atoms with Crippen LogP contribution < -0.4 is 5.73 Å². The van der Waals surface area contributed by atoms with E-state index >= 15 is 0 Å². The topological polar surface area (TPSA) is 107 Å². The van der Waals surface area contributed by atoms with Gasteiger partial charge in [0, 0.05) is 13.0 Å². The maximum Gasteiger partial charge on any atom is 0.305 e. The van der Waals surface area contributed by atoms with Gasteiger partial charge in [0.25, 0.3) is 0 Å². The second kappa shape index (κ2) is 6.85. The van der Waals surface area contributed by atoms with E-state index in [1.54, 1.807) is 0 Å². The molecule has 0 saturated carbocycles. The van der Waals surface area contributed by atoms with Crippen molar-refractivity contribution in [2.45, 2.75) is 38.1 Å². The van der Waals surface area contributed by atoms with Gasteiger partial charge in [0.2, 0.25) is 15.9 Å². The Hall–Kier alpha value is -1.15. The monoisotopic (exact) mass is 292 g/mol. The number of methoxy groups -OCH3 is 1. The zero-order chi connectivity index (χ0) is 14.5. The van der Waals surface area contributed by atoms with Crippen LogP contribution in [-0.4, -0.2) is 50.0 Å². The summed E-state index contributed by atoms with van der Waals surface area (Å²) in [6, 6.07) is -0.753. The van der Waals surface area contributed by atoms with Crippen LogP contribution in [0.15, 0.2) is 0 Å². The minimum absolute atomic E-state index is 0.0464. The summed E-state index contributed by atoms with van der Waals surface area (Å²) >= 11 is 0. The van der Waals surface area contributed by atoms with E-state index in [0.29, 0.717) is 13.0 Å². The number of nitrogens with two attached hydrogens (primary N) is 1. The number of amides is 1. The molecule has 2 N–H and O–H groups in total. The van der Waals surface area contributed by atoms with E-state index in [1.807, 2.05) is 0 Å². The van der Waals surface area contributed by atoms with Crippen molar-refractivity contribution in [2.75, 3.05) is 19.4 Å². The molecule has 1 heterocycles. The number of ether oxygens (including phenoxy) is 1. The molecule has 0 spiro atoms. The normalized spacial score (nSPS) is 21.0. The highest BCUT2D eigenvalue weighted by Gasteiger charge is 2.35. The van der Waals surface area contributed by atoms with Crippen LogP contribution in [0.2, 0.25) is 0 Å². The van der Waals surface area contributed by atoms with Crippen LogP contribution in [0.5, 0.6) is 0 Å². The Morgan fingerprint density at radius 2 is 2.05 bits per heavy atom. The number of rotatable bonds is 6. The number of hydrogen-bond acceptors (Lipinski definition) is 5. The lowest BCUT2D eigenvalue weighted by atomic mass is 10.0. The zero-order valence-corrected chi connectivity index (χ0v) is 11.8. The summed E-state index contributed by atoms with van der Waals surface area (Å²) in [7, 11) is -2.30. The molecular formula is C11H20N2O5S. The molecule has 8 heteroatoms. The predicted molar refractivity (Wildman–Crippen MR) is 68.6 cm³/mol. The number of esters is 1. The lowest BCUT2D eigenvalue weighted by Gasteiger charge is -2.32. The van der Waals surface area contributed by atoms with Gasteiger partial charge in [0.05, 0.1) is 12.9 Å². The summed E-state index contributed by atoms with van der Waals surface area (Å²) in [5.41, 5.74) is 5.23. The molecule has 19 heavy (non-hydrogen) atoms. The van der Waals surface area contributed by atoms with Crippen molar-refractivity contribution in [1.82, 2.24) is 4.31 Å². The Morgan fingerprint density at radius 1 is 1.37 bits per heavy atom. The van der Waals surface area contributed by atoms with Crippen molar-refractivity contribution in [1.29, 1.82) is 0 Å². The van der Waals surface area contributed by atoms with Crippen LogP contribution in [0.25, 0.3) is 0 Å². The lowest BCUT2D eigenvalue weighted by molar-refractivity contribution is -0.140. The fraction of sp³-hybridized carbons (Fsp3) is 0.818. The number of nitrogens with zero attached hydrogens (tertiary/aromatic N) is 1. The summed E-state index contributed by atoms with van der Waals surface area (Å²) in [6.07, 6.45) is 2.20. The van der Waals surface area contributed by atoms with Gasteiger partial charge in [-0.1, -0.05) is 6.42 Å². The minimum Gasteiger partial charge on any atom is -0.469 e. The van der Waals surface area contributed by atoms with Gasteiger partial charge in [-0.25, -0.2) is 8.42 Å².